The van der Waals surface area contributed by atoms with Crippen LogP contribution in [0, 0.1) is 0 Å². The minimum absolute atomic E-state index is 0.0661. The number of nitrogens with one attached hydrogen (secondary N) is 1. The Morgan fingerprint density at radius 2 is 2.19 bits per heavy atom. The summed E-state index contributed by atoms with van der Waals surface area (Å²) in [5, 5.41) is 12.3. The van der Waals surface area contributed by atoms with E-state index in [0.29, 0.717) is 0 Å². The Balaban J connectivity index is 1.91. The van der Waals surface area contributed by atoms with Gasteiger partial charge in [-0.05, 0) is 11.4 Å². The molecule has 3 heterocycles. The van der Waals surface area contributed by atoms with Gasteiger partial charge in [-0.25, -0.2) is 4.79 Å². The number of rotatable bonds is 6. The number of thioether (sulfide) groups is 1. The van der Waals surface area contributed by atoms with Gasteiger partial charge in [0.25, 0.3) is 0 Å². The van der Waals surface area contributed by atoms with E-state index >= 15 is 0 Å². The lowest BCUT2D eigenvalue weighted by molar-refractivity contribution is -0.146. The molecule has 0 aliphatic carbocycles. The summed E-state index contributed by atoms with van der Waals surface area (Å²) in [6.45, 7) is 0. The second-order valence-corrected chi connectivity index (χ2v) is 9.46. The quantitative estimate of drug-likeness (QED) is 0.499. The minimum Gasteiger partial charge on any atom is -0.476 e. The maximum atomic E-state index is 12.3. The number of aliphatic carboxylic acids is 1. The highest BCUT2D eigenvalue weighted by molar-refractivity contribution is 8.00. The molecule has 0 spiro atoms. The molecule has 140 valence electrons. The maximum Gasteiger partial charge on any atom is 0.356 e. The van der Waals surface area contributed by atoms with Crippen LogP contribution in [0.5, 0.6) is 0 Å². The predicted octanol–water partition coefficient (Wildman–Crippen LogP) is 0.311. The fourth-order valence-corrected chi connectivity index (χ4v) is 5.20. The number of thiophene rings is 1. The van der Waals surface area contributed by atoms with E-state index in [1.54, 1.807) is 12.1 Å². The third kappa shape index (κ3) is 3.86. The molecule has 0 aromatic carbocycles. The van der Waals surface area contributed by atoms with E-state index in [2.05, 4.69) is 5.32 Å². The first-order chi connectivity index (χ1) is 12.2. The van der Waals surface area contributed by atoms with Crippen molar-refractivity contribution in [1.29, 1.82) is 0 Å². The van der Waals surface area contributed by atoms with Gasteiger partial charge in [-0.1, -0.05) is 6.07 Å². The van der Waals surface area contributed by atoms with Gasteiger partial charge in [0.15, 0.2) is 11.5 Å². The third-order valence-electron chi connectivity index (χ3n) is 3.56. The number of carbonyl (C=O) groups is 3. The Labute approximate surface area is 157 Å². The van der Waals surface area contributed by atoms with Crippen molar-refractivity contribution in [3.63, 3.8) is 0 Å². The molecular weight excluding hydrogens is 404 g/mol. The monoisotopic (exact) mass is 418 g/mol. The van der Waals surface area contributed by atoms with Gasteiger partial charge in [-0.3, -0.25) is 14.5 Å². The second-order valence-electron chi connectivity index (χ2n) is 5.57. The summed E-state index contributed by atoms with van der Waals surface area (Å²) in [6, 6.07) is 3.57. The van der Waals surface area contributed by atoms with E-state index in [9.17, 15) is 27.9 Å². The SMILES string of the molecule is CS(=O)(=O)OC1=C(C(=O)O)N2C(=O)C[C@H]2SC1NC(=O)Cc1cccs1. The number of hydrogen-bond acceptors (Lipinski definition) is 8. The molecule has 1 aromatic heterocycles. The number of amides is 2. The van der Waals surface area contributed by atoms with Crippen molar-refractivity contribution in [2.45, 2.75) is 23.6 Å². The molecule has 3 rings (SSSR count). The van der Waals surface area contributed by atoms with E-state index in [0.717, 1.165) is 27.8 Å². The summed E-state index contributed by atoms with van der Waals surface area (Å²) in [5.74, 6) is -2.84. The lowest BCUT2D eigenvalue weighted by atomic mass is 10.1. The fourth-order valence-electron chi connectivity index (χ4n) is 2.55. The number of β-lactam (4-membered cyclic amide) rings is 1. The van der Waals surface area contributed by atoms with Gasteiger partial charge in [0.2, 0.25) is 11.8 Å². The molecule has 2 atom stereocenters. The molecule has 0 saturated carbocycles. The van der Waals surface area contributed by atoms with Crippen LogP contribution in [0.3, 0.4) is 0 Å². The normalized spacial score (nSPS) is 22.5. The van der Waals surface area contributed by atoms with Gasteiger partial charge in [0, 0.05) is 4.88 Å². The molecule has 2 aliphatic rings. The van der Waals surface area contributed by atoms with Gasteiger partial charge in [-0.2, -0.15) is 8.42 Å². The summed E-state index contributed by atoms with van der Waals surface area (Å²) in [7, 11) is -4.06. The number of carbonyl (C=O) groups excluding carboxylic acids is 2. The zero-order chi connectivity index (χ0) is 19.1. The number of hydrogen-bond donors (Lipinski definition) is 2. The van der Waals surface area contributed by atoms with Crippen LogP contribution in [0.2, 0.25) is 0 Å². The molecule has 26 heavy (non-hydrogen) atoms. The standard InChI is InChI=1S/C14H14N2O7S3/c1-26(21,22)23-12-11(14(19)20)16-9(18)6-10(16)25-13(12)15-8(17)5-7-3-2-4-24-7/h2-4,10,13H,5-6H2,1H3,(H,15,17)(H,19,20)/t10-,13?/m1/s1. The number of nitrogens with zero attached hydrogens (tertiary/aromatic N) is 1. The molecule has 2 N–H and O–H groups in total. The van der Waals surface area contributed by atoms with Crippen LogP contribution >= 0.6 is 23.1 Å². The molecule has 1 fully saturated rings. The van der Waals surface area contributed by atoms with E-state index in [1.165, 1.54) is 11.3 Å². The van der Waals surface area contributed by atoms with E-state index < -0.39 is 50.1 Å². The fraction of sp³-hybridized carbons (Fsp3) is 0.357. The first kappa shape index (κ1) is 18.7. The van der Waals surface area contributed by atoms with Crippen molar-refractivity contribution in [2.75, 3.05) is 6.26 Å². The van der Waals surface area contributed by atoms with Gasteiger partial charge in [0.05, 0.1) is 24.5 Å². The molecule has 1 unspecified atom stereocenters. The average molecular weight is 418 g/mol. The Kier molecular flexibility index (Phi) is 4.99. The lowest BCUT2D eigenvalue weighted by Crippen LogP contribution is -2.57. The van der Waals surface area contributed by atoms with Crippen molar-refractivity contribution in [1.82, 2.24) is 10.2 Å². The Morgan fingerprint density at radius 1 is 1.46 bits per heavy atom. The first-order valence-electron chi connectivity index (χ1n) is 7.32. The topological polar surface area (TPSA) is 130 Å². The lowest BCUT2D eigenvalue weighted by Gasteiger charge is -2.45. The van der Waals surface area contributed by atoms with Gasteiger partial charge >= 0.3 is 16.1 Å². The van der Waals surface area contributed by atoms with Gasteiger partial charge in [0.1, 0.15) is 5.37 Å². The summed E-state index contributed by atoms with van der Waals surface area (Å²) < 4.78 is 28.0. The smallest absolute Gasteiger partial charge is 0.356 e. The Bertz CT molecular complexity index is 892. The minimum atomic E-state index is -4.06. The highest BCUT2D eigenvalue weighted by atomic mass is 32.2. The first-order valence-corrected chi connectivity index (χ1v) is 11.0. The molecule has 0 bridgehead atoms. The van der Waals surface area contributed by atoms with Crippen LogP contribution in [0.25, 0.3) is 0 Å². The molecule has 1 saturated heterocycles. The zero-order valence-electron chi connectivity index (χ0n) is 13.4. The largest absolute Gasteiger partial charge is 0.476 e. The molecule has 2 amide bonds. The number of carboxylic acids is 1. The van der Waals surface area contributed by atoms with Crippen molar-refractivity contribution in [2.24, 2.45) is 0 Å². The number of carboxylic acid groups (broad SMARTS) is 1. The molecule has 2 aliphatic heterocycles. The Hall–Kier alpha value is -2.05. The van der Waals surface area contributed by atoms with Crippen LogP contribution in [0.15, 0.2) is 29.0 Å². The highest BCUT2D eigenvalue weighted by Gasteiger charge is 2.50. The molecule has 12 heteroatoms. The van der Waals surface area contributed by atoms with Crippen molar-refractivity contribution >= 4 is 51.0 Å². The van der Waals surface area contributed by atoms with Crippen molar-refractivity contribution in [3.8, 4) is 0 Å². The van der Waals surface area contributed by atoms with E-state index in [4.69, 9.17) is 4.18 Å². The summed E-state index contributed by atoms with van der Waals surface area (Å²) in [4.78, 5) is 37.4. The molecule has 0 radical (unpaired) electrons. The van der Waals surface area contributed by atoms with Crippen LogP contribution in [0.4, 0.5) is 0 Å². The van der Waals surface area contributed by atoms with E-state index in [1.807, 2.05) is 5.38 Å². The van der Waals surface area contributed by atoms with Crippen LogP contribution in [-0.4, -0.2) is 53.2 Å². The van der Waals surface area contributed by atoms with Crippen LogP contribution in [0.1, 0.15) is 11.3 Å². The van der Waals surface area contributed by atoms with Crippen LogP contribution < -0.4 is 5.32 Å². The maximum absolute atomic E-state index is 12.3. The van der Waals surface area contributed by atoms with Crippen molar-refractivity contribution < 1.29 is 32.1 Å². The third-order valence-corrected chi connectivity index (χ3v) is 6.22. The zero-order valence-corrected chi connectivity index (χ0v) is 15.8. The summed E-state index contributed by atoms with van der Waals surface area (Å²) in [5.41, 5.74) is -0.558. The van der Waals surface area contributed by atoms with Gasteiger partial charge < -0.3 is 14.6 Å². The predicted molar refractivity (Wildman–Crippen MR) is 93.4 cm³/mol. The highest BCUT2D eigenvalue weighted by Crippen LogP contribution is 2.43. The summed E-state index contributed by atoms with van der Waals surface area (Å²) >= 11 is 2.45. The summed E-state index contributed by atoms with van der Waals surface area (Å²) in [6.07, 6.45) is 0.931. The average Bonchev–Trinajstić information content (AvgIpc) is 3.00. The molecule has 9 nitrogen and oxygen atoms in total. The Morgan fingerprint density at radius 3 is 2.73 bits per heavy atom. The second kappa shape index (κ2) is 6.93. The molecular formula is C14H14N2O7S3. The van der Waals surface area contributed by atoms with Gasteiger partial charge in [-0.15, -0.1) is 23.1 Å². The van der Waals surface area contributed by atoms with Crippen molar-refractivity contribution in [3.05, 3.63) is 33.8 Å². The number of fused-ring (bicyclic) bond motifs is 1. The molecule has 1 aromatic rings. The van der Waals surface area contributed by atoms with E-state index in [-0.39, 0.29) is 12.8 Å². The van der Waals surface area contributed by atoms with Crippen LogP contribution in [-0.2, 0) is 35.1 Å².